The molecule has 55 heavy (non-hydrogen) atoms. The summed E-state index contributed by atoms with van der Waals surface area (Å²) in [4.78, 5) is 67.2. The van der Waals surface area contributed by atoms with Crippen LogP contribution in [0.1, 0.15) is 54.4 Å². The van der Waals surface area contributed by atoms with Gasteiger partial charge in [0.25, 0.3) is 0 Å². The normalized spacial score (nSPS) is 34.1. The molecule has 12 heteroatoms. The SMILES string of the molecule is C=C(C)C(=O)OCCOC(=O)C1C2CC(C1C(=O)Nc1ccc(Oc3ccc(N)cc3)cc1)C1C2C2CC13C(C)C(C)C(C)C(=O)OCCOC(=O)C23.CC. The fourth-order valence-corrected chi connectivity index (χ4v) is 10.9. The van der Waals surface area contributed by atoms with E-state index in [-0.39, 0.29) is 91.3 Å². The Kier molecular flexibility index (Phi) is 11.6. The molecule has 0 radical (unpaired) electrons. The Labute approximate surface area is 322 Å². The van der Waals surface area contributed by atoms with Crippen molar-refractivity contribution in [2.24, 2.45) is 70.5 Å². The molecule has 5 aliphatic rings. The third-order valence-electron chi connectivity index (χ3n) is 13.3. The third kappa shape index (κ3) is 7.08. The molecule has 3 N–H and O–H groups in total. The third-order valence-corrected chi connectivity index (χ3v) is 13.3. The quantitative estimate of drug-likeness (QED) is 0.0948. The molecule has 12 atom stereocenters. The Morgan fingerprint density at radius 3 is 2.09 bits per heavy atom. The fourth-order valence-electron chi connectivity index (χ4n) is 10.9. The number of ether oxygens (including phenoxy) is 5. The standard InChI is InChI=1S/C41H48N2O10.C2H6/c1-20(2)37(45)49-14-16-51-39(47)33-28-18-29(32(33)36(44)43-25-8-12-27(13-9-25)53-26-10-6-24(42)7-11-26)34-31(28)30-19-41(34)23(5)21(3)22(4)38(46)50-15-17-52-40(48)35(30)41;1-2/h6-13,21-23,28-35H,1,14-19,42H2,2-5H3,(H,43,44);1-2H3. The molecule has 4 bridgehead atoms. The lowest BCUT2D eigenvalue weighted by atomic mass is 9.48. The van der Waals surface area contributed by atoms with Gasteiger partial charge in [0.1, 0.15) is 37.9 Å². The number of nitrogens with one attached hydrogen (secondary N) is 1. The summed E-state index contributed by atoms with van der Waals surface area (Å²) in [7, 11) is 0. The van der Waals surface area contributed by atoms with Crippen LogP contribution in [0.15, 0.2) is 60.7 Å². The number of hydrogen-bond acceptors (Lipinski definition) is 11. The van der Waals surface area contributed by atoms with E-state index < -0.39 is 41.0 Å². The number of hydrogen-bond donors (Lipinski definition) is 2. The Morgan fingerprint density at radius 1 is 0.855 bits per heavy atom. The molecule has 1 aliphatic heterocycles. The zero-order valence-corrected chi connectivity index (χ0v) is 32.6. The highest BCUT2D eigenvalue weighted by Gasteiger charge is 2.82. The maximum absolute atomic E-state index is 14.5. The first kappa shape index (κ1) is 39.8. The minimum Gasteiger partial charge on any atom is -0.462 e. The second-order valence-electron chi connectivity index (χ2n) is 15.7. The van der Waals surface area contributed by atoms with E-state index in [2.05, 4.69) is 18.8 Å². The summed E-state index contributed by atoms with van der Waals surface area (Å²) >= 11 is 0. The summed E-state index contributed by atoms with van der Waals surface area (Å²) in [5, 5.41) is 3.06. The van der Waals surface area contributed by atoms with Crippen molar-refractivity contribution in [2.75, 3.05) is 37.5 Å². The number of benzene rings is 2. The highest BCUT2D eigenvalue weighted by atomic mass is 16.6. The lowest BCUT2D eigenvalue weighted by Crippen LogP contribution is -2.55. The molecule has 0 aromatic heterocycles. The molecule has 1 heterocycles. The van der Waals surface area contributed by atoms with Crippen molar-refractivity contribution in [3.8, 4) is 11.5 Å². The van der Waals surface area contributed by atoms with Crippen molar-refractivity contribution < 1.29 is 47.7 Å². The van der Waals surface area contributed by atoms with Crippen molar-refractivity contribution in [3.05, 3.63) is 60.7 Å². The van der Waals surface area contributed by atoms with E-state index in [1.54, 1.807) is 48.5 Å². The molecule has 1 saturated heterocycles. The second-order valence-corrected chi connectivity index (χ2v) is 15.7. The van der Waals surface area contributed by atoms with Gasteiger partial charge in [-0.1, -0.05) is 41.2 Å². The number of carbonyl (C=O) groups is 5. The van der Waals surface area contributed by atoms with Gasteiger partial charge in [-0.05, 0) is 115 Å². The molecule has 5 fully saturated rings. The number of esters is 4. The number of nitrogens with two attached hydrogens (primary N) is 1. The average Bonchev–Trinajstić information content (AvgIpc) is 3.91. The first-order valence-electron chi connectivity index (χ1n) is 19.6. The smallest absolute Gasteiger partial charge is 0.333 e. The van der Waals surface area contributed by atoms with Gasteiger partial charge < -0.3 is 34.7 Å². The van der Waals surface area contributed by atoms with Crippen LogP contribution in [0.4, 0.5) is 11.4 Å². The number of carbonyl (C=O) groups excluding carboxylic acids is 5. The maximum atomic E-state index is 14.5. The maximum Gasteiger partial charge on any atom is 0.333 e. The molecule has 12 unspecified atom stereocenters. The zero-order valence-electron chi connectivity index (χ0n) is 32.6. The Hall–Kier alpha value is -4.87. The van der Waals surface area contributed by atoms with Gasteiger partial charge in [-0.15, -0.1) is 0 Å². The molecular formula is C43H54N2O10. The minimum absolute atomic E-state index is 0.00479. The van der Waals surface area contributed by atoms with Crippen molar-refractivity contribution >= 4 is 41.2 Å². The monoisotopic (exact) mass is 758 g/mol. The van der Waals surface area contributed by atoms with Crippen LogP contribution in [0.5, 0.6) is 11.5 Å². The molecule has 4 saturated carbocycles. The van der Waals surface area contributed by atoms with Crippen LogP contribution in [0.25, 0.3) is 0 Å². The lowest BCUT2D eigenvalue weighted by molar-refractivity contribution is -0.173. The summed E-state index contributed by atoms with van der Waals surface area (Å²) in [6.07, 6.45) is 1.41. The van der Waals surface area contributed by atoms with Gasteiger partial charge in [0.2, 0.25) is 5.91 Å². The van der Waals surface area contributed by atoms with Crippen LogP contribution in [0.2, 0.25) is 0 Å². The van der Waals surface area contributed by atoms with Crippen molar-refractivity contribution in [1.82, 2.24) is 0 Å². The topological polar surface area (TPSA) is 170 Å². The number of anilines is 2. The first-order valence-corrected chi connectivity index (χ1v) is 19.6. The predicted octanol–water partition coefficient (Wildman–Crippen LogP) is 6.45. The number of fused-ring (bicyclic) bond motifs is 6. The van der Waals surface area contributed by atoms with Gasteiger partial charge in [0.15, 0.2) is 0 Å². The van der Waals surface area contributed by atoms with Crippen LogP contribution >= 0.6 is 0 Å². The molecule has 2 aromatic rings. The molecule has 12 nitrogen and oxygen atoms in total. The van der Waals surface area contributed by atoms with Crippen LogP contribution < -0.4 is 15.8 Å². The van der Waals surface area contributed by atoms with E-state index in [0.29, 0.717) is 29.3 Å². The highest BCUT2D eigenvalue weighted by molar-refractivity contribution is 5.96. The molecule has 296 valence electrons. The van der Waals surface area contributed by atoms with Gasteiger partial charge in [-0.2, -0.15) is 0 Å². The first-order chi connectivity index (χ1) is 26.3. The summed E-state index contributed by atoms with van der Waals surface area (Å²) in [6, 6.07) is 14.0. The molecule has 0 spiro atoms. The summed E-state index contributed by atoms with van der Waals surface area (Å²) in [5.41, 5.74) is 6.70. The van der Waals surface area contributed by atoms with Gasteiger partial charge >= 0.3 is 23.9 Å². The largest absolute Gasteiger partial charge is 0.462 e. The second kappa shape index (κ2) is 16.1. The Morgan fingerprint density at radius 2 is 1.45 bits per heavy atom. The van der Waals surface area contributed by atoms with Crippen LogP contribution in [-0.4, -0.2) is 56.2 Å². The predicted molar refractivity (Wildman–Crippen MR) is 203 cm³/mol. The van der Waals surface area contributed by atoms with Gasteiger partial charge in [0, 0.05) is 16.9 Å². The van der Waals surface area contributed by atoms with Crippen molar-refractivity contribution in [1.29, 1.82) is 0 Å². The van der Waals surface area contributed by atoms with E-state index >= 15 is 0 Å². The molecular weight excluding hydrogens is 704 g/mol. The number of nitrogen functional groups attached to an aromatic ring is 1. The van der Waals surface area contributed by atoms with E-state index in [4.69, 9.17) is 29.4 Å². The van der Waals surface area contributed by atoms with E-state index in [1.165, 1.54) is 6.92 Å². The Balaban J connectivity index is 0.00000253. The fraction of sp³-hybridized carbons (Fsp3) is 0.558. The van der Waals surface area contributed by atoms with E-state index in [9.17, 15) is 24.0 Å². The summed E-state index contributed by atoms with van der Waals surface area (Å²) in [6.45, 7) is 14.9. The van der Waals surface area contributed by atoms with Gasteiger partial charge in [-0.25, -0.2) is 4.79 Å². The molecule has 1 amide bonds. The van der Waals surface area contributed by atoms with E-state index in [1.807, 2.05) is 27.7 Å². The van der Waals surface area contributed by atoms with Gasteiger partial charge in [0.05, 0.1) is 23.7 Å². The minimum atomic E-state index is -0.750. The van der Waals surface area contributed by atoms with Crippen LogP contribution in [0.3, 0.4) is 0 Å². The highest BCUT2D eigenvalue weighted by Crippen LogP contribution is 2.82. The van der Waals surface area contributed by atoms with Gasteiger partial charge in [-0.3, -0.25) is 19.2 Å². The zero-order chi connectivity index (χ0) is 39.8. The molecule has 7 rings (SSSR count). The summed E-state index contributed by atoms with van der Waals surface area (Å²) in [5.74, 6) is -3.64. The number of rotatable bonds is 9. The van der Waals surface area contributed by atoms with Crippen LogP contribution in [0, 0.1) is 70.5 Å². The number of amides is 1. The summed E-state index contributed by atoms with van der Waals surface area (Å²) < 4.78 is 28.0. The molecule has 4 aliphatic carbocycles. The lowest BCUT2D eigenvalue weighted by Gasteiger charge is -2.55. The average molecular weight is 759 g/mol. The van der Waals surface area contributed by atoms with Crippen molar-refractivity contribution in [2.45, 2.75) is 54.4 Å². The Bertz CT molecular complexity index is 1790. The van der Waals surface area contributed by atoms with Crippen molar-refractivity contribution in [3.63, 3.8) is 0 Å². The van der Waals surface area contributed by atoms with Crippen LogP contribution in [-0.2, 0) is 42.9 Å². The molecule has 2 aromatic carbocycles. The number of cyclic esters (lactones) is 2. The van der Waals surface area contributed by atoms with E-state index in [0.717, 1.165) is 6.42 Å².